The average Bonchev–Trinajstić information content (AvgIpc) is 3.36. The molecule has 0 aliphatic carbocycles. The smallest absolute Gasteiger partial charge is 0.346 e. The highest BCUT2D eigenvalue weighted by atomic mass is 19.1. The molecule has 3 aliphatic heterocycles. The van der Waals surface area contributed by atoms with E-state index in [-0.39, 0.29) is 24.2 Å². The minimum atomic E-state index is -0.627. The Bertz CT molecular complexity index is 944. The van der Waals surface area contributed by atoms with Crippen LogP contribution >= 0.6 is 0 Å². The Morgan fingerprint density at radius 3 is 2.70 bits per heavy atom. The van der Waals surface area contributed by atoms with Crippen molar-refractivity contribution in [2.24, 2.45) is 0 Å². The summed E-state index contributed by atoms with van der Waals surface area (Å²) in [6.07, 6.45) is 5.28. The van der Waals surface area contributed by atoms with E-state index in [1.54, 1.807) is 16.7 Å². The summed E-state index contributed by atoms with van der Waals surface area (Å²) in [6, 6.07) is 7.49. The molecule has 2 bridgehead atoms. The van der Waals surface area contributed by atoms with Crippen molar-refractivity contribution in [1.29, 1.82) is 0 Å². The molecule has 0 spiro atoms. The van der Waals surface area contributed by atoms with E-state index in [1.807, 2.05) is 6.07 Å². The zero-order chi connectivity index (χ0) is 20.7. The van der Waals surface area contributed by atoms with Crippen LogP contribution in [0.25, 0.3) is 0 Å². The molecule has 3 unspecified atom stereocenters. The highest BCUT2D eigenvalue weighted by Gasteiger charge is 2.41. The number of fused-ring (bicyclic) bond motifs is 3. The number of aliphatic hydroxyl groups is 1. The molecule has 8 heteroatoms. The predicted octanol–water partition coefficient (Wildman–Crippen LogP) is 1.70. The standard InChI is InChI=1S/C22H29FN4O3/c23-20-5-2-1-4-15(20)14-30-19-10-16-7-8-17(11-19)26(16)12-18(28)13-27-22(29)25-9-3-6-21(25)24-27/h1-2,4-5,16-19,28H,3,6-14H2. The van der Waals surface area contributed by atoms with Crippen LogP contribution in [-0.2, 0) is 30.9 Å². The van der Waals surface area contributed by atoms with Crippen molar-refractivity contribution in [2.45, 2.75) is 82.5 Å². The largest absolute Gasteiger partial charge is 0.390 e. The highest BCUT2D eigenvalue weighted by Crippen LogP contribution is 2.37. The van der Waals surface area contributed by atoms with Crippen LogP contribution in [0.1, 0.15) is 43.5 Å². The topological polar surface area (TPSA) is 72.5 Å². The van der Waals surface area contributed by atoms with Gasteiger partial charge in [-0.15, -0.1) is 0 Å². The maximum absolute atomic E-state index is 13.8. The lowest BCUT2D eigenvalue weighted by atomic mass is 9.99. The van der Waals surface area contributed by atoms with Gasteiger partial charge in [-0.3, -0.25) is 9.47 Å². The molecule has 3 atom stereocenters. The van der Waals surface area contributed by atoms with Crippen molar-refractivity contribution < 1.29 is 14.2 Å². The minimum Gasteiger partial charge on any atom is -0.390 e. The Hall–Kier alpha value is -2.03. The average molecular weight is 416 g/mol. The van der Waals surface area contributed by atoms with E-state index in [2.05, 4.69) is 10.00 Å². The van der Waals surface area contributed by atoms with Crippen LogP contribution in [0.3, 0.4) is 0 Å². The zero-order valence-corrected chi connectivity index (χ0v) is 17.1. The summed E-state index contributed by atoms with van der Waals surface area (Å²) in [5.41, 5.74) is 0.491. The third-order valence-corrected chi connectivity index (χ3v) is 6.86. The quantitative estimate of drug-likeness (QED) is 0.744. The number of hydrogen-bond donors (Lipinski definition) is 1. The fourth-order valence-electron chi connectivity index (χ4n) is 5.39. The molecule has 2 saturated heterocycles. The monoisotopic (exact) mass is 416 g/mol. The number of rotatable bonds is 7. The highest BCUT2D eigenvalue weighted by molar-refractivity contribution is 5.16. The lowest BCUT2D eigenvalue weighted by Gasteiger charge is -2.39. The molecule has 162 valence electrons. The van der Waals surface area contributed by atoms with Crippen molar-refractivity contribution in [3.8, 4) is 0 Å². The van der Waals surface area contributed by atoms with Crippen LogP contribution in [0, 0.1) is 5.82 Å². The summed E-state index contributed by atoms with van der Waals surface area (Å²) in [5, 5.41) is 15.0. The van der Waals surface area contributed by atoms with Gasteiger partial charge in [0.1, 0.15) is 11.6 Å². The van der Waals surface area contributed by atoms with E-state index in [1.165, 1.54) is 10.7 Å². The van der Waals surface area contributed by atoms with E-state index in [0.29, 0.717) is 30.8 Å². The van der Waals surface area contributed by atoms with Crippen LogP contribution in [0.15, 0.2) is 29.1 Å². The number of ether oxygens (including phenoxy) is 1. The number of aliphatic hydroxyl groups excluding tert-OH is 1. The summed E-state index contributed by atoms with van der Waals surface area (Å²) < 4.78 is 23.0. The molecule has 0 amide bonds. The molecule has 1 aromatic carbocycles. The SMILES string of the molecule is O=c1n(CC(O)CN2C3CCC2CC(OCc2ccccc2F)C3)nc2n1CCC2. The molecule has 4 heterocycles. The molecule has 5 rings (SSSR count). The van der Waals surface area contributed by atoms with Crippen LogP contribution in [0.5, 0.6) is 0 Å². The van der Waals surface area contributed by atoms with Gasteiger partial charge in [0.15, 0.2) is 0 Å². The van der Waals surface area contributed by atoms with Gasteiger partial charge in [-0.1, -0.05) is 18.2 Å². The Morgan fingerprint density at radius 2 is 1.97 bits per heavy atom. The maximum Gasteiger partial charge on any atom is 0.346 e. The van der Waals surface area contributed by atoms with Crippen molar-refractivity contribution in [1.82, 2.24) is 19.2 Å². The Labute approximate surface area is 175 Å². The maximum atomic E-state index is 13.8. The Morgan fingerprint density at radius 1 is 1.20 bits per heavy atom. The predicted molar refractivity (Wildman–Crippen MR) is 109 cm³/mol. The number of nitrogens with zero attached hydrogens (tertiary/aromatic N) is 4. The molecule has 7 nitrogen and oxygen atoms in total. The first-order valence-corrected chi connectivity index (χ1v) is 11.0. The number of piperidine rings is 1. The van der Waals surface area contributed by atoms with Gasteiger partial charge in [0.25, 0.3) is 0 Å². The third-order valence-electron chi connectivity index (χ3n) is 6.86. The summed E-state index contributed by atoms with van der Waals surface area (Å²) >= 11 is 0. The van der Waals surface area contributed by atoms with Crippen molar-refractivity contribution >= 4 is 0 Å². The Kier molecular flexibility index (Phi) is 5.47. The summed E-state index contributed by atoms with van der Waals surface area (Å²) in [5.74, 6) is 0.613. The van der Waals surface area contributed by atoms with E-state index < -0.39 is 6.10 Å². The first kappa shape index (κ1) is 19.9. The zero-order valence-electron chi connectivity index (χ0n) is 17.1. The molecule has 30 heavy (non-hydrogen) atoms. The van der Waals surface area contributed by atoms with Crippen LogP contribution < -0.4 is 5.69 Å². The minimum absolute atomic E-state index is 0.107. The van der Waals surface area contributed by atoms with Gasteiger partial charge in [-0.2, -0.15) is 5.10 Å². The summed E-state index contributed by atoms with van der Waals surface area (Å²) in [6.45, 7) is 1.81. The van der Waals surface area contributed by atoms with Gasteiger partial charge in [0.2, 0.25) is 0 Å². The first-order chi connectivity index (χ1) is 14.6. The number of benzene rings is 1. The molecule has 3 aliphatic rings. The molecule has 2 fully saturated rings. The van der Waals surface area contributed by atoms with Gasteiger partial charge in [-0.25, -0.2) is 13.9 Å². The lowest BCUT2D eigenvalue weighted by Crippen LogP contribution is -2.49. The fourth-order valence-corrected chi connectivity index (χ4v) is 5.39. The molecular formula is C22H29FN4O3. The van der Waals surface area contributed by atoms with Gasteiger partial charge in [-0.05, 0) is 38.2 Å². The van der Waals surface area contributed by atoms with Gasteiger partial charge >= 0.3 is 5.69 Å². The second-order valence-electron chi connectivity index (χ2n) is 8.87. The van der Waals surface area contributed by atoms with Gasteiger partial charge in [0, 0.05) is 37.2 Å². The summed E-state index contributed by atoms with van der Waals surface area (Å²) in [4.78, 5) is 14.8. The van der Waals surface area contributed by atoms with E-state index in [9.17, 15) is 14.3 Å². The van der Waals surface area contributed by atoms with Gasteiger partial charge in [0.05, 0.1) is 25.4 Å². The Balaban J connectivity index is 1.16. The van der Waals surface area contributed by atoms with E-state index in [4.69, 9.17) is 4.74 Å². The molecule has 2 aromatic rings. The lowest BCUT2D eigenvalue weighted by molar-refractivity contribution is -0.0408. The second kappa shape index (κ2) is 8.24. The third kappa shape index (κ3) is 3.84. The molecular weight excluding hydrogens is 387 g/mol. The molecule has 1 aromatic heterocycles. The number of aromatic nitrogens is 3. The molecule has 0 saturated carbocycles. The van der Waals surface area contributed by atoms with Crippen LogP contribution in [0.4, 0.5) is 4.39 Å². The van der Waals surface area contributed by atoms with E-state index >= 15 is 0 Å². The second-order valence-corrected chi connectivity index (χ2v) is 8.87. The molecule has 0 radical (unpaired) electrons. The first-order valence-electron chi connectivity index (χ1n) is 11.0. The van der Waals surface area contributed by atoms with Gasteiger partial charge < -0.3 is 9.84 Å². The number of aryl methyl sites for hydroxylation is 1. The van der Waals surface area contributed by atoms with Crippen molar-refractivity contribution in [3.63, 3.8) is 0 Å². The van der Waals surface area contributed by atoms with Crippen molar-refractivity contribution in [2.75, 3.05) is 6.54 Å². The number of hydrogen-bond acceptors (Lipinski definition) is 5. The number of halogens is 1. The van der Waals surface area contributed by atoms with Crippen LogP contribution in [-0.4, -0.2) is 55.2 Å². The van der Waals surface area contributed by atoms with Crippen molar-refractivity contribution in [3.05, 3.63) is 52.0 Å². The summed E-state index contributed by atoms with van der Waals surface area (Å²) in [7, 11) is 0. The normalized spacial score (nSPS) is 26.8. The molecule has 1 N–H and O–H groups in total. The fraction of sp³-hybridized carbons (Fsp3) is 0.636. The van der Waals surface area contributed by atoms with E-state index in [0.717, 1.165) is 50.9 Å². The van der Waals surface area contributed by atoms with Crippen LogP contribution in [0.2, 0.25) is 0 Å².